The molecule has 0 saturated heterocycles. The SMILES string of the molecule is Brc1ccc2c(c1)CCSO2. The van der Waals surface area contributed by atoms with E-state index in [9.17, 15) is 0 Å². The maximum Gasteiger partial charge on any atom is 0.140 e. The molecule has 1 nitrogen and oxygen atoms in total. The highest BCUT2D eigenvalue weighted by Gasteiger charge is 2.10. The molecule has 0 aliphatic carbocycles. The molecule has 0 radical (unpaired) electrons. The standard InChI is InChI=1S/C8H7BrOS/c9-7-1-2-8-6(5-7)3-4-11-10-8/h1-2,5H,3-4H2. The van der Waals surface area contributed by atoms with Gasteiger partial charge in [0.1, 0.15) is 5.75 Å². The van der Waals surface area contributed by atoms with Crippen LogP contribution in [0.1, 0.15) is 5.56 Å². The van der Waals surface area contributed by atoms with Crippen LogP contribution in [0.5, 0.6) is 5.75 Å². The zero-order valence-electron chi connectivity index (χ0n) is 5.84. The first-order chi connectivity index (χ1) is 5.36. The summed E-state index contributed by atoms with van der Waals surface area (Å²) in [6, 6.07) is 6.13. The van der Waals surface area contributed by atoms with Gasteiger partial charge in [-0.1, -0.05) is 15.9 Å². The molecular formula is C8H7BrOS. The van der Waals surface area contributed by atoms with Gasteiger partial charge in [-0.05, 0) is 30.2 Å². The van der Waals surface area contributed by atoms with E-state index in [0.717, 1.165) is 22.4 Å². The van der Waals surface area contributed by atoms with Crippen molar-refractivity contribution in [1.29, 1.82) is 0 Å². The van der Waals surface area contributed by atoms with Crippen LogP contribution in [0.15, 0.2) is 22.7 Å². The lowest BCUT2D eigenvalue weighted by Crippen LogP contribution is -2.00. The molecule has 0 N–H and O–H groups in total. The van der Waals surface area contributed by atoms with Crippen LogP contribution >= 0.6 is 28.0 Å². The van der Waals surface area contributed by atoms with Gasteiger partial charge in [0.15, 0.2) is 0 Å². The molecule has 1 heterocycles. The van der Waals surface area contributed by atoms with Gasteiger partial charge in [0.2, 0.25) is 0 Å². The molecule has 0 fully saturated rings. The van der Waals surface area contributed by atoms with Crippen molar-refractivity contribution in [2.45, 2.75) is 6.42 Å². The smallest absolute Gasteiger partial charge is 0.140 e. The van der Waals surface area contributed by atoms with Crippen molar-refractivity contribution in [1.82, 2.24) is 0 Å². The van der Waals surface area contributed by atoms with Gasteiger partial charge in [-0.2, -0.15) is 0 Å². The van der Waals surface area contributed by atoms with Gasteiger partial charge in [0.05, 0.1) is 12.0 Å². The highest BCUT2D eigenvalue weighted by molar-refractivity contribution is 9.10. The topological polar surface area (TPSA) is 9.23 Å². The molecule has 0 atom stereocenters. The van der Waals surface area contributed by atoms with Crippen molar-refractivity contribution < 1.29 is 4.18 Å². The average Bonchev–Trinajstić information content (AvgIpc) is 2.04. The molecule has 0 amide bonds. The largest absolute Gasteiger partial charge is 0.426 e. The second kappa shape index (κ2) is 3.07. The third-order valence-electron chi connectivity index (χ3n) is 1.63. The minimum Gasteiger partial charge on any atom is -0.426 e. The van der Waals surface area contributed by atoms with E-state index < -0.39 is 0 Å². The maximum absolute atomic E-state index is 5.37. The molecule has 2 rings (SSSR count). The monoisotopic (exact) mass is 230 g/mol. The van der Waals surface area contributed by atoms with Crippen molar-refractivity contribution >= 4 is 28.0 Å². The fourth-order valence-corrected chi connectivity index (χ4v) is 2.17. The molecule has 11 heavy (non-hydrogen) atoms. The summed E-state index contributed by atoms with van der Waals surface area (Å²) in [7, 11) is 0. The Morgan fingerprint density at radius 1 is 1.45 bits per heavy atom. The number of hydrogen-bond acceptors (Lipinski definition) is 2. The predicted molar refractivity (Wildman–Crippen MR) is 50.9 cm³/mol. The maximum atomic E-state index is 5.37. The van der Waals surface area contributed by atoms with Gasteiger partial charge in [0, 0.05) is 10.2 Å². The average molecular weight is 231 g/mol. The fourth-order valence-electron chi connectivity index (χ4n) is 1.08. The van der Waals surface area contributed by atoms with Crippen LogP contribution < -0.4 is 4.18 Å². The van der Waals surface area contributed by atoms with Crippen LogP contribution in [0.4, 0.5) is 0 Å². The number of benzene rings is 1. The Labute approximate surface area is 78.5 Å². The van der Waals surface area contributed by atoms with Crippen molar-refractivity contribution in [2.24, 2.45) is 0 Å². The second-order valence-corrected chi connectivity index (χ2v) is 4.13. The lowest BCUT2D eigenvalue weighted by molar-refractivity contribution is 0.621. The van der Waals surface area contributed by atoms with Crippen LogP contribution in [-0.2, 0) is 6.42 Å². The number of halogens is 1. The highest BCUT2D eigenvalue weighted by Crippen LogP contribution is 2.30. The Kier molecular flexibility index (Phi) is 2.09. The minimum atomic E-state index is 1.02. The Morgan fingerprint density at radius 2 is 2.36 bits per heavy atom. The molecule has 0 unspecified atom stereocenters. The first-order valence-corrected chi connectivity index (χ1v) is 5.14. The normalized spacial score (nSPS) is 15.4. The lowest BCUT2D eigenvalue weighted by atomic mass is 10.1. The molecule has 1 aliphatic rings. The van der Waals surface area contributed by atoms with Gasteiger partial charge in [0.25, 0.3) is 0 Å². The van der Waals surface area contributed by atoms with Crippen LogP contribution in [0, 0.1) is 0 Å². The third kappa shape index (κ3) is 1.54. The lowest BCUT2D eigenvalue weighted by Gasteiger charge is -2.14. The summed E-state index contributed by atoms with van der Waals surface area (Å²) in [5, 5.41) is 0. The molecule has 3 heteroatoms. The molecule has 1 aliphatic heterocycles. The molecule has 0 spiro atoms. The fraction of sp³-hybridized carbons (Fsp3) is 0.250. The van der Waals surface area contributed by atoms with Crippen LogP contribution in [0.25, 0.3) is 0 Å². The van der Waals surface area contributed by atoms with Crippen molar-refractivity contribution in [3.8, 4) is 5.75 Å². The second-order valence-electron chi connectivity index (χ2n) is 2.41. The van der Waals surface area contributed by atoms with Gasteiger partial charge < -0.3 is 4.18 Å². The highest BCUT2D eigenvalue weighted by atomic mass is 79.9. The van der Waals surface area contributed by atoms with E-state index in [1.807, 2.05) is 12.1 Å². The van der Waals surface area contributed by atoms with E-state index in [2.05, 4.69) is 22.0 Å². The van der Waals surface area contributed by atoms with E-state index in [-0.39, 0.29) is 0 Å². The van der Waals surface area contributed by atoms with E-state index in [4.69, 9.17) is 4.18 Å². The van der Waals surface area contributed by atoms with Crippen molar-refractivity contribution in [3.63, 3.8) is 0 Å². The van der Waals surface area contributed by atoms with Gasteiger partial charge in [-0.3, -0.25) is 0 Å². The van der Waals surface area contributed by atoms with Gasteiger partial charge >= 0.3 is 0 Å². The summed E-state index contributed by atoms with van der Waals surface area (Å²) in [4.78, 5) is 0. The Hall–Kier alpha value is -0.150. The summed E-state index contributed by atoms with van der Waals surface area (Å²) in [6.07, 6.45) is 1.11. The Bertz CT molecular complexity index is 275. The van der Waals surface area contributed by atoms with E-state index in [1.165, 1.54) is 17.6 Å². The third-order valence-corrected chi connectivity index (χ3v) is 2.79. The summed E-state index contributed by atoms with van der Waals surface area (Å²) in [6.45, 7) is 0. The molecule has 0 aromatic heterocycles. The summed E-state index contributed by atoms with van der Waals surface area (Å²) < 4.78 is 6.51. The molecular weight excluding hydrogens is 224 g/mol. The van der Waals surface area contributed by atoms with Crippen molar-refractivity contribution in [3.05, 3.63) is 28.2 Å². The van der Waals surface area contributed by atoms with Crippen molar-refractivity contribution in [2.75, 3.05) is 5.75 Å². The van der Waals surface area contributed by atoms with E-state index in [1.54, 1.807) is 0 Å². The number of rotatable bonds is 0. The first-order valence-electron chi connectivity index (χ1n) is 3.44. The van der Waals surface area contributed by atoms with Crippen LogP contribution in [0.2, 0.25) is 0 Å². The summed E-state index contributed by atoms with van der Waals surface area (Å²) in [5.74, 6) is 2.08. The molecule has 1 aromatic rings. The van der Waals surface area contributed by atoms with E-state index >= 15 is 0 Å². The number of aryl methyl sites for hydroxylation is 1. The van der Waals surface area contributed by atoms with Crippen LogP contribution in [-0.4, -0.2) is 5.75 Å². The molecule has 58 valence electrons. The number of hydrogen-bond donors (Lipinski definition) is 0. The summed E-state index contributed by atoms with van der Waals surface area (Å²) in [5.41, 5.74) is 1.30. The predicted octanol–water partition coefficient (Wildman–Crippen LogP) is 3.03. The molecule has 1 aromatic carbocycles. The van der Waals surface area contributed by atoms with Crippen LogP contribution in [0.3, 0.4) is 0 Å². The first kappa shape index (κ1) is 7.50. The minimum absolute atomic E-state index is 1.02. The quantitative estimate of drug-likeness (QED) is 0.634. The Balaban J connectivity index is 2.43. The zero-order valence-corrected chi connectivity index (χ0v) is 8.24. The van der Waals surface area contributed by atoms with Gasteiger partial charge in [-0.15, -0.1) is 0 Å². The zero-order chi connectivity index (χ0) is 7.68. The van der Waals surface area contributed by atoms with E-state index in [0.29, 0.717) is 0 Å². The molecule has 0 saturated carbocycles. The summed E-state index contributed by atoms with van der Waals surface area (Å²) >= 11 is 4.96. The Morgan fingerprint density at radius 3 is 3.27 bits per heavy atom. The molecule has 0 bridgehead atoms. The van der Waals surface area contributed by atoms with Gasteiger partial charge in [-0.25, -0.2) is 0 Å². The number of fused-ring (bicyclic) bond motifs is 1.